The number of nitrogens with one attached hydrogen (secondary N) is 1. The van der Waals surface area contributed by atoms with Gasteiger partial charge in [-0.1, -0.05) is 13.8 Å². The first-order valence-electron chi connectivity index (χ1n) is 7.27. The summed E-state index contributed by atoms with van der Waals surface area (Å²) in [6.45, 7) is 11.2. The van der Waals surface area contributed by atoms with Gasteiger partial charge in [-0.05, 0) is 46.5 Å². The highest BCUT2D eigenvalue weighted by Gasteiger charge is 2.21. The van der Waals surface area contributed by atoms with Crippen LogP contribution in [0.4, 0.5) is 0 Å². The minimum Gasteiger partial charge on any atom is -0.490 e. The molecule has 0 unspecified atom stereocenters. The molecule has 0 aliphatic heterocycles. The van der Waals surface area contributed by atoms with Crippen molar-refractivity contribution >= 4 is 0 Å². The van der Waals surface area contributed by atoms with Gasteiger partial charge in [0.05, 0.1) is 6.20 Å². The highest BCUT2D eigenvalue weighted by atomic mass is 16.5. The van der Waals surface area contributed by atoms with Crippen LogP contribution in [0, 0.1) is 5.92 Å². The third-order valence-electron chi connectivity index (χ3n) is 3.53. The first-order chi connectivity index (χ1) is 9.33. The van der Waals surface area contributed by atoms with Crippen LogP contribution in [0.25, 0.3) is 0 Å². The van der Waals surface area contributed by atoms with Gasteiger partial charge in [-0.15, -0.1) is 0 Å². The molecule has 0 bridgehead atoms. The van der Waals surface area contributed by atoms with Gasteiger partial charge >= 0.3 is 0 Å². The number of ether oxygens (including phenoxy) is 1. The van der Waals surface area contributed by atoms with Crippen molar-refractivity contribution in [1.29, 1.82) is 0 Å². The lowest BCUT2D eigenvalue weighted by atomic mass is 10.1. The first-order valence-corrected chi connectivity index (χ1v) is 7.27. The van der Waals surface area contributed by atoms with Crippen molar-refractivity contribution < 1.29 is 4.74 Å². The van der Waals surface area contributed by atoms with Gasteiger partial charge in [0.15, 0.2) is 0 Å². The van der Waals surface area contributed by atoms with Gasteiger partial charge < -0.3 is 15.0 Å². The number of hydrogen-bond acceptors (Lipinski definition) is 4. The van der Waals surface area contributed by atoms with Gasteiger partial charge in [-0.3, -0.25) is 4.98 Å². The second-order valence-electron chi connectivity index (χ2n) is 6.50. The third kappa shape index (κ3) is 5.47. The average Bonchev–Trinajstić information content (AvgIpc) is 2.37. The number of aromatic nitrogens is 1. The third-order valence-corrected chi connectivity index (χ3v) is 3.53. The van der Waals surface area contributed by atoms with Crippen LogP contribution in [-0.2, 0) is 6.54 Å². The molecule has 0 aromatic carbocycles. The summed E-state index contributed by atoms with van der Waals surface area (Å²) in [4.78, 5) is 6.33. The summed E-state index contributed by atoms with van der Waals surface area (Å²) >= 11 is 0. The first kappa shape index (κ1) is 16.9. The number of rotatable bonds is 8. The Labute approximate surface area is 123 Å². The molecule has 1 rings (SSSR count). The minimum atomic E-state index is -0.00152. The van der Waals surface area contributed by atoms with Gasteiger partial charge in [0.25, 0.3) is 0 Å². The Balaban J connectivity index is 2.61. The molecule has 0 saturated carbocycles. The van der Waals surface area contributed by atoms with E-state index in [0.29, 0.717) is 12.5 Å². The highest BCUT2D eigenvalue weighted by molar-refractivity contribution is 5.29. The van der Waals surface area contributed by atoms with E-state index in [0.717, 1.165) is 24.4 Å². The molecule has 0 atom stereocenters. The van der Waals surface area contributed by atoms with Gasteiger partial charge in [0.1, 0.15) is 12.4 Å². The van der Waals surface area contributed by atoms with Crippen molar-refractivity contribution in [3.05, 3.63) is 24.0 Å². The molecular formula is C16H29N3O. The van der Waals surface area contributed by atoms with E-state index in [-0.39, 0.29) is 5.54 Å². The molecule has 1 N–H and O–H groups in total. The van der Waals surface area contributed by atoms with Crippen molar-refractivity contribution in [2.75, 3.05) is 27.2 Å². The fraction of sp³-hybridized carbons (Fsp3) is 0.688. The molecule has 4 heteroatoms. The second-order valence-corrected chi connectivity index (χ2v) is 6.50. The molecule has 1 aromatic heterocycles. The van der Waals surface area contributed by atoms with E-state index in [1.165, 1.54) is 0 Å². The van der Waals surface area contributed by atoms with Gasteiger partial charge in [0, 0.05) is 23.8 Å². The van der Waals surface area contributed by atoms with Crippen LogP contribution >= 0.6 is 0 Å². The van der Waals surface area contributed by atoms with Crippen molar-refractivity contribution in [1.82, 2.24) is 15.2 Å². The second kappa shape index (κ2) is 7.60. The highest BCUT2D eigenvalue weighted by Crippen LogP contribution is 2.19. The van der Waals surface area contributed by atoms with E-state index in [1.54, 1.807) is 6.20 Å². The smallest absolute Gasteiger partial charge is 0.142 e. The van der Waals surface area contributed by atoms with E-state index in [1.807, 2.05) is 12.3 Å². The maximum absolute atomic E-state index is 5.98. The van der Waals surface area contributed by atoms with Crippen LogP contribution in [0.15, 0.2) is 18.5 Å². The van der Waals surface area contributed by atoms with Gasteiger partial charge in [-0.2, -0.15) is 0 Å². The summed E-state index contributed by atoms with van der Waals surface area (Å²) in [5.41, 5.74) is 1.16. The van der Waals surface area contributed by atoms with Crippen molar-refractivity contribution in [3.63, 3.8) is 0 Å². The maximum atomic E-state index is 5.98. The van der Waals surface area contributed by atoms with Crippen LogP contribution in [-0.4, -0.2) is 42.7 Å². The Morgan fingerprint density at radius 1 is 1.35 bits per heavy atom. The van der Waals surface area contributed by atoms with Crippen LogP contribution in [0.3, 0.4) is 0 Å². The Morgan fingerprint density at radius 3 is 2.65 bits per heavy atom. The lowest BCUT2D eigenvalue weighted by Crippen LogP contribution is -2.43. The lowest BCUT2D eigenvalue weighted by Gasteiger charge is -2.32. The summed E-state index contributed by atoms with van der Waals surface area (Å²) in [7, 11) is 4.13. The normalized spacial score (nSPS) is 12.2. The summed E-state index contributed by atoms with van der Waals surface area (Å²) < 4.78 is 5.98. The molecule has 20 heavy (non-hydrogen) atoms. The molecule has 0 aliphatic rings. The molecular weight excluding hydrogens is 250 g/mol. The van der Waals surface area contributed by atoms with E-state index >= 15 is 0 Å². The molecule has 0 saturated heterocycles. The molecule has 0 aliphatic carbocycles. The zero-order chi connectivity index (χ0) is 15.2. The number of hydrogen-bond donors (Lipinski definition) is 1. The van der Waals surface area contributed by atoms with Crippen LogP contribution < -0.4 is 10.1 Å². The zero-order valence-corrected chi connectivity index (χ0v) is 13.7. The quantitative estimate of drug-likeness (QED) is 0.793. The van der Waals surface area contributed by atoms with E-state index in [9.17, 15) is 0 Å². The molecule has 0 spiro atoms. The average molecular weight is 279 g/mol. The lowest BCUT2D eigenvalue weighted by molar-refractivity contribution is 0.113. The number of pyridine rings is 1. The van der Waals surface area contributed by atoms with E-state index in [2.05, 4.69) is 57.0 Å². The molecule has 114 valence electrons. The maximum Gasteiger partial charge on any atom is 0.142 e. The largest absolute Gasteiger partial charge is 0.490 e. The molecule has 0 amide bonds. The zero-order valence-electron chi connectivity index (χ0n) is 13.7. The van der Waals surface area contributed by atoms with Crippen LogP contribution in [0.2, 0.25) is 0 Å². The van der Waals surface area contributed by atoms with Crippen LogP contribution in [0.1, 0.15) is 33.3 Å². The SMILES string of the molecule is CC(C)CNCc1ccncc1OCC(C)(C)N(C)C. The predicted octanol–water partition coefficient (Wildman–Crippen LogP) is 2.55. The fourth-order valence-electron chi connectivity index (χ4n) is 1.56. The number of nitrogens with zero attached hydrogens (tertiary/aromatic N) is 2. The van der Waals surface area contributed by atoms with Crippen molar-refractivity contribution in [2.24, 2.45) is 5.92 Å². The summed E-state index contributed by atoms with van der Waals surface area (Å²) in [5, 5.41) is 3.44. The monoisotopic (exact) mass is 279 g/mol. The summed E-state index contributed by atoms with van der Waals surface area (Å²) in [5.74, 6) is 1.52. The van der Waals surface area contributed by atoms with Gasteiger partial charge in [-0.25, -0.2) is 0 Å². The Kier molecular flexibility index (Phi) is 6.43. The van der Waals surface area contributed by atoms with Crippen molar-refractivity contribution in [3.8, 4) is 5.75 Å². The molecule has 0 fully saturated rings. The van der Waals surface area contributed by atoms with E-state index < -0.39 is 0 Å². The Morgan fingerprint density at radius 2 is 2.05 bits per heavy atom. The van der Waals surface area contributed by atoms with E-state index in [4.69, 9.17) is 4.74 Å². The predicted molar refractivity (Wildman–Crippen MR) is 84.0 cm³/mol. The summed E-state index contributed by atoms with van der Waals surface area (Å²) in [6, 6.07) is 2.02. The molecule has 0 radical (unpaired) electrons. The Bertz CT molecular complexity index is 402. The summed E-state index contributed by atoms with van der Waals surface area (Å²) in [6.07, 6.45) is 3.62. The van der Waals surface area contributed by atoms with Crippen molar-refractivity contribution in [2.45, 2.75) is 39.8 Å². The Hall–Kier alpha value is -1.13. The fourth-order valence-corrected chi connectivity index (χ4v) is 1.56. The topological polar surface area (TPSA) is 37.4 Å². The molecule has 1 aromatic rings. The minimum absolute atomic E-state index is 0.00152. The van der Waals surface area contributed by atoms with Gasteiger partial charge in [0.2, 0.25) is 0 Å². The number of likely N-dealkylation sites (N-methyl/N-ethyl adjacent to an activating group) is 1. The standard InChI is InChI=1S/C16H29N3O/c1-13(2)9-18-10-14-7-8-17-11-15(14)20-12-16(3,4)19(5)6/h7-8,11,13,18H,9-10,12H2,1-6H3. The molecule has 4 nitrogen and oxygen atoms in total. The van der Waals surface area contributed by atoms with Crippen LogP contribution in [0.5, 0.6) is 5.75 Å². The molecule has 1 heterocycles.